The van der Waals surface area contributed by atoms with Gasteiger partial charge in [-0.25, -0.2) is 0 Å². The van der Waals surface area contributed by atoms with Crippen molar-refractivity contribution in [3.63, 3.8) is 0 Å². The van der Waals surface area contributed by atoms with E-state index in [2.05, 4.69) is 34.6 Å². The summed E-state index contributed by atoms with van der Waals surface area (Å²) in [5.74, 6) is 0.908. The molecule has 1 aromatic rings. The minimum Gasteiger partial charge on any atom is -0.383 e. The summed E-state index contributed by atoms with van der Waals surface area (Å²) in [4.78, 5) is 7.51. The van der Waals surface area contributed by atoms with E-state index in [0.29, 0.717) is 12.6 Å². The smallest absolute Gasteiger partial charge is 0.191 e. The van der Waals surface area contributed by atoms with E-state index < -0.39 is 0 Å². The molecule has 3 rings (SSSR count). The molecule has 2 N–H and O–H groups in total. The van der Waals surface area contributed by atoms with Crippen molar-refractivity contribution in [1.29, 1.82) is 0 Å². The van der Waals surface area contributed by atoms with E-state index in [1.54, 1.807) is 7.11 Å². The number of hydrogen-bond acceptors (Lipinski definition) is 4. The zero-order valence-electron chi connectivity index (χ0n) is 18.5. The van der Waals surface area contributed by atoms with Crippen LogP contribution in [-0.2, 0) is 14.9 Å². The summed E-state index contributed by atoms with van der Waals surface area (Å²) < 4.78 is 10.9. The standard InChI is InChI=1S/C23H37ClN4O2/c1-3-25-22(27-19-8-12-28(13-9-19)14-17-29-2)26-18-23(10-15-30-16-11-23)20-6-4-5-7-21(20)24/h4-7,19H,3,8-18H2,1-2H3,(H2,25,26,27). The van der Waals surface area contributed by atoms with Crippen molar-refractivity contribution < 1.29 is 9.47 Å². The first-order valence-corrected chi connectivity index (χ1v) is 11.6. The maximum Gasteiger partial charge on any atom is 0.191 e. The average molecular weight is 437 g/mol. The van der Waals surface area contributed by atoms with Crippen LogP contribution in [0.2, 0.25) is 5.02 Å². The van der Waals surface area contributed by atoms with Crippen molar-refractivity contribution in [3.05, 3.63) is 34.9 Å². The Balaban J connectivity index is 1.66. The first-order valence-electron chi connectivity index (χ1n) is 11.3. The molecule has 0 atom stereocenters. The molecule has 2 aliphatic rings. The summed E-state index contributed by atoms with van der Waals surface area (Å²) in [7, 11) is 1.77. The van der Waals surface area contributed by atoms with Gasteiger partial charge >= 0.3 is 0 Å². The van der Waals surface area contributed by atoms with Crippen molar-refractivity contribution in [1.82, 2.24) is 15.5 Å². The van der Waals surface area contributed by atoms with Gasteiger partial charge in [0.25, 0.3) is 0 Å². The molecule has 6 nitrogen and oxygen atoms in total. The Bertz CT molecular complexity index is 671. The van der Waals surface area contributed by atoms with Crippen molar-refractivity contribution in [2.45, 2.75) is 44.1 Å². The number of methoxy groups -OCH3 is 1. The largest absolute Gasteiger partial charge is 0.383 e. The molecular weight excluding hydrogens is 400 g/mol. The quantitative estimate of drug-likeness (QED) is 0.484. The third kappa shape index (κ3) is 6.33. The highest BCUT2D eigenvalue weighted by Crippen LogP contribution is 2.38. The van der Waals surface area contributed by atoms with Gasteiger partial charge in [-0.15, -0.1) is 0 Å². The molecule has 2 fully saturated rings. The summed E-state index contributed by atoms with van der Waals surface area (Å²) in [5, 5.41) is 7.94. The van der Waals surface area contributed by atoms with Gasteiger partial charge in [0.2, 0.25) is 0 Å². The van der Waals surface area contributed by atoms with Crippen LogP contribution in [0.3, 0.4) is 0 Å². The average Bonchev–Trinajstić information content (AvgIpc) is 2.78. The summed E-state index contributed by atoms with van der Waals surface area (Å²) in [5.41, 5.74) is 1.13. The van der Waals surface area contributed by atoms with E-state index in [1.165, 1.54) is 5.56 Å². The van der Waals surface area contributed by atoms with E-state index in [0.717, 1.165) is 82.7 Å². The Hall–Kier alpha value is -1.34. The number of hydrogen-bond donors (Lipinski definition) is 2. The van der Waals surface area contributed by atoms with Crippen LogP contribution in [0.5, 0.6) is 0 Å². The second-order valence-electron chi connectivity index (χ2n) is 8.32. The van der Waals surface area contributed by atoms with Gasteiger partial charge in [0.15, 0.2) is 5.96 Å². The van der Waals surface area contributed by atoms with Gasteiger partial charge in [-0.05, 0) is 44.2 Å². The molecule has 30 heavy (non-hydrogen) atoms. The highest BCUT2D eigenvalue weighted by atomic mass is 35.5. The molecule has 0 amide bonds. The summed E-state index contributed by atoms with van der Waals surface area (Å²) in [6.07, 6.45) is 4.13. The molecule has 168 valence electrons. The lowest BCUT2D eigenvalue weighted by Gasteiger charge is -2.37. The molecule has 0 aromatic heterocycles. The number of benzene rings is 1. The van der Waals surface area contributed by atoms with Crippen LogP contribution >= 0.6 is 11.6 Å². The summed E-state index contributed by atoms with van der Waals surface area (Å²) >= 11 is 6.59. The van der Waals surface area contributed by atoms with Gasteiger partial charge < -0.3 is 25.0 Å². The third-order valence-electron chi connectivity index (χ3n) is 6.32. The highest BCUT2D eigenvalue weighted by molar-refractivity contribution is 6.31. The minimum atomic E-state index is -0.0670. The van der Waals surface area contributed by atoms with Crippen LogP contribution in [0.4, 0.5) is 0 Å². The second kappa shape index (κ2) is 11.9. The van der Waals surface area contributed by atoms with Crippen molar-refractivity contribution in [3.8, 4) is 0 Å². The predicted molar refractivity (Wildman–Crippen MR) is 124 cm³/mol. The van der Waals surface area contributed by atoms with Gasteiger partial charge in [-0.2, -0.15) is 0 Å². The Morgan fingerprint density at radius 2 is 2.00 bits per heavy atom. The van der Waals surface area contributed by atoms with Gasteiger partial charge in [0.05, 0.1) is 13.2 Å². The molecule has 0 aliphatic carbocycles. The molecule has 1 aromatic carbocycles. The summed E-state index contributed by atoms with van der Waals surface area (Å²) in [6.45, 7) is 9.19. The van der Waals surface area contributed by atoms with E-state index in [9.17, 15) is 0 Å². The molecule has 0 radical (unpaired) electrons. The molecule has 0 bridgehead atoms. The van der Waals surface area contributed by atoms with Crippen LogP contribution in [0.15, 0.2) is 29.3 Å². The van der Waals surface area contributed by atoms with Crippen molar-refractivity contribution in [2.75, 3.05) is 59.7 Å². The Labute approximate surface area is 186 Å². The van der Waals surface area contributed by atoms with E-state index in [1.807, 2.05) is 12.1 Å². The fourth-order valence-electron chi connectivity index (χ4n) is 4.43. The molecule has 0 saturated carbocycles. The maximum atomic E-state index is 6.59. The molecule has 2 aliphatic heterocycles. The van der Waals surface area contributed by atoms with E-state index in [4.69, 9.17) is 26.1 Å². The van der Waals surface area contributed by atoms with Gasteiger partial charge in [0.1, 0.15) is 0 Å². The Kier molecular flexibility index (Phi) is 9.25. The number of rotatable bonds is 8. The molecule has 2 heterocycles. The van der Waals surface area contributed by atoms with Gasteiger partial charge in [-0.3, -0.25) is 4.99 Å². The van der Waals surface area contributed by atoms with Gasteiger partial charge in [0, 0.05) is 63.0 Å². The highest BCUT2D eigenvalue weighted by Gasteiger charge is 2.36. The molecule has 2 saturated heterocycles. The number of halogens is 1. The number of likely N-dealkylation sites (tertiary alicyclic amines) is 1. The fourth-order valence-corrected chi connectivity index (χ4v) is 4.77. The van der Waals surface area contributed by atoms with Crippen LogP contribution in [0.1, 0.15) is 38.2 Å². The van der Waals surface area contributed by atoms with Gasteiger partial charge in [-0.1, -0.05) is 29.8 Å². The number of piperidine rings is 1. The predicted octanol–water partition coefficient (Wildman–Crippen LogP) is 3.05. The molecular formula is C23H37ClN4O2. The summed E-state index contributed by atoms with van der Waals surface area (Å²) in [6, 6.07) is 8.65. The van der Waals surface area contributed by atoms with Crippen LogP contribution in [0.25, 0.3) is 0 Å². The Morgan fingerprint density at radius 3 is 2.67 bits per heavy atom. The number of nitrogens with zero attached hydrogens (tertiary/aromatic N) is 2. The maximum absolute atomic E-state index is 6.59. The zero-order valence-corrected chi connectivity index (χ0v) is 19.2. The number of ether oxygens (including phenoxy) is 2. The van der Waals surface area contributed by atoms with Crippen LogP contribution in [-0.4, -0.2) is 76.6 Å². The van der Waals surface area contributed by atoms with E-state index >= 15 is 0 Å². The number of nitrogens with one attached hydrogen (secondary N) is 2. The topological polar surface area (TPSA) is 58.1 Å². The third-order valence-corrected chi connectivity index (χ3v) is 6.65. The van der Waals surface area contributed by atoms with Crippen LogP contribution < -0.4 is 10.6 Å². The number of guanidine groups is 1. The normalized spacial score (nSPS) is 20.8. The van der Waals surface area contributed by atoms with Crippen molar-refractivity contribution >= 4 is 17.6 Å². The molecule has 0 unspecified atom stereocenters. The van der Waals surface area contributed by atoms with Crippen LogP contribution in [0, 0.1) is 0 Å². The molecule has 7 heteroatoms. The lowest BCUT2D eigenvalue weighted by Crippen LogP contribution is -2.49. The lowest BCUT2D eigenvalue weighted by molar-refractivity contribution is 0.0531. The lowest BCUT2D eigenvalue weighted by atomic mass is 9.74. The number of aliphatic imine (C=N–C) groups is 1. The fraction of sp³-hybridized carbons (Fsp3) is 0.696. The molecule has 0 spiro atoms. The zero-order chi connectivity index (χ0) is 21.2. The SMILES string of the molecule is CCNC(=NCC1(c2ccccc2Cl)CCOCC1)NC1CCN(CCOC)CC1. The second-order valence-corrected chi connectivity index (χ2v) is 8.73. The van der Waals surface area contributed by atoms with E-state index in [-0.39, 0.29) is 5.41 Å². The monoisotopic (exact) mass is 436 g/mol. The first kappa shape index (κ1) is 23.3. The van der Waals surface area contributed by atoms with Crippen molar-refractivity contribution in [2.24, 2.45) is 4.99 Å². The minimum absolute atomic E-state index is 0.0670. The Morgan fingerprint density at radius 1 is 1.27 bits per heavy atom. The first-order chi connectivity index (χ1) is 14.7.